The van der Waals surface area contributed by atoms with Crippen LogP contribution in [-0.2, 0) is 4.79 Å². The van der Waals surface area contributed by atoms with Gasteiger partial charge in [-0.15, -0.1) is 0 Å². The zero-order valence-electron chi connectivity index (χ0n) is 10.8. The summed E-state index contributed by atoms with van der Waals surface area (Å²) in [5.74, 6) is -1.23. The van der Waals surface area contributed by atoms with E-state index < -0.39 is 11.9 Å². The summed E-state index contributed by atoms with van der Waals surface area (Å²) in [5, 5.41) is 12.2. The zero-order valence-corrected chi connectivity index (χ0v) is 13.1. The first-order valence-electron chi connectivity index (χ1n) is 6.12. The molecule has 5 nitrogen and oxygen atoms in total. The lowest BCUT2D eigenvalue weighted by molar-refractivity contribution is -0.144. The molecule has 0 spiro atoms. The summed E-state index contributed by atoms with van der Waals surface area (Å²) < 4.78 is 0.703. The van der Waals surface area contributed by atoms with E-state index in [9.17, 15) is 9.59 Å². The number of urea groups is 1. The zero-order chi connectivity index (χ0) is 14.9. The van der Waals surface area contributed by atoms with Crippen LogP contribution in [0, 0.1) is 11.8 Å². The number of halogens is 2. The third-order valence-corrected chi connectivity index (χ3v) is 4.36. The van der Waals surface area contributed by atoms with E-state index in [0.29, 0.717) is 28.3 Å². The number of hydrogen-bond donors (Lipinski definition) is 2. The van der Waals surface area contributed by atoms with Gasteiger partial charge in [0.05, 0.1) is 11.6 Å². The van der Waals surface area contributed by atoms with Gasteiger partial charge in [0, 0.05) is 28.5 Å². The number of amides is 2. The molecule has 0 radical (unpaired) electrons. The fourth-order valence-corrected chi connectivity index (χ4v) is 2.76. The molecule has 1 fully saturated rings. The Balaban J connectivity index is 1.90. The van der Waals surface area contributed by atoms with E-state index in [1.165, 1.54) is 0 Å². The molecule has 1 aromatic carbocycles. The highest BCUT2D eigenvalue weighted by molar-refractivity contribution is 9.10. The Hall–Kier alpha value is -1.27. The van der Waals surface area contributed by atoms with Gasteiger partial charge in [-0.2, -0.15) is 0 Å². The van der Waals surface area contributed by atoms with Crippen molar-refractivity contribution < 1.29 is 14.7 Å². The molecule has 1 heterocycles. The van der Waals surface area contributed by atoms with Gasteiger partial charge in [0.1, 0.15) is 0 Å². The van der Waals surface area contributed by atoms with E-state index in [4.69, 9.17) is 16.7 Å². The second kappa shape index (κ2) is 6.01. The van der Waals surface area contributed by atoms with Gasteiger partial charge in [0.15, 0.2) is 0 Å². The van der Waals surface area contributed by atoms with Crippen LogP contribution in [0.3, 0.4) is 0 Å². The smallest absolute Gasteiger partial charge is 0.321 e. The Morgan fingerprint density at radius 3 is 2.70 bits per heavy atom. The summed E-state index contributed by atoms with van der Waals surface area (Å²) in [4.78, 5) is 24.4. The highest BCUT2D eigenvalue weighted by atomic mass is 79.9. The third kappa shape index (κ3) is 3.24. The minimum atomic E-state index is -0.824. The average Bonchev–Trinajstić information content (AvgIpc) is 2.30. The van der Waals surface area contributed by atoms with Crippen molar-refractivity contribution >= 4 is 45.2 Å². The van der Waals surface area contributed by atoms with Crippen LogP contribution >= 0.6 is 27.5 Å². The number of aliphatic carboxylic acids is 1. The fourth-order valence-electron chi connectivity index (χ4n) is 1.98. The summed E-state index contributed by atoms with van der Waals surface area (Å²) in [6, 6.07) is 4.86. The van der Waals surface area contributed by atoms with Gasteiger partial charge in [-0.3, -0.25) is 4.79 Å². The van der Waals surface area contributed by atoms with E-state index in [2.05, 4.69) is 21.2 Å². The van der Waals surface area contributed by atoms with Crippen LogP contribution in [0.25, 0.3) is 0 Å². The monoisotopic (exact) mass is 360 g/mol. The lowest BCUT2D eigenvalue weighted by Crippen LogP contribution is -2.54. The highest BCUT2D eigenvalue weighted by Gasteiger charge is 2.37. The molecule has 0 saturated carbocycles. The molecule has 0 aromatic heterocycles. The SMILES string of the molecule is CC(C(=O)O)C1CN(C(=O)Nc2ccc(Cl)cc2Br)C1. The van der Waals surface area contributed by atoms with Crippen LogP contribution in [0.1, 0.15) is 6.92 Å². The number of hydrogen-bond acceptors (Lipinski definition) is 2. The van der Waals surface area contributed by atoms with Gasteiger partial charge in [-0.25, -0.2) is 4.79 Å². The van der Waals surface area contributed by atoms with E-state index in [-0.39, 0.29) is 11.9 Å². The molecule has 7 heteroatoms. The Bertz CT molecular complexity index is 546. The van der Waals surface area contributed by atoms with Crippen LogP contribution in [0.4, 0.5) is 10.5 Å². The van der Waals surface area contributed by atoms with Gasteiger partial charge in [-0.1, -0.05) is 18.5 Å². The fraction of sp³-hybridized carbons (Fsp3) is 0.385. The first-order valence-corrected chi connectivity index (χ1v) is 7.29. The van der Waals surface area contributed by atoms with Gasteiger partial charge < -0.3 is 15.3 Å². The van der Waals surface area contributed by atoms with Crippen molar-refractivity contribution in [2.24, 2.45) is 11.8 Å². The number of carbonyl (C=O) groups excluding carboxylic acids is 1. The number of rotatable bonds is 3. The van der Waals surface area contributed by atoms with Crippen molar-refractivity contribution in [1.29, 1.82) is 0 Å². The van der Waals surface area contributed by atoms with E-state index in [1.54, 1.807) is 30.0 Å². The molecule has 2 N–H and O–H groups in total. The van der Waals surface area contributed by atoms with Crippen LogP contribution in [0.15, 0.2) is 22.7 Å². The molecule has 20 heavy (non-hydrogen) atoms. The lowest BCUT2D eigenvalue weighted by atomic mass is 9.87. The molecule has 1 aromatic rings. The molecule has 0 aliphatic carbocycles. The number of nitrogens with one attached hydrogen (secondary N) is 1. The molecular formula is C13H14BrClN2O3. The standard InChI is InChI=1S/C13H14BrClN2O3/c1-7(12(18)19)8-5-17(6-8)13(20)16-11-3-2-9(15)4-10(11)14/h2-4,7-8H,5-6H2,1H3,(H,16,20)(H,18,19). The van der Waals surface area contributed by atoms with E-state index in [0.717, 1.165) is 0 Å². The number of likely N-dealkylation sites (tertiary alicyclic amines) is 1. The molecule has 1 aliphatic heterocycles. The minimum Gasteiger partial charge on any atom is -0.481 e. The van der Waals surface area contributed by atoms with Crippen LogP contribution in [0.5, 0.6) is 0 Å². The second-order valence-corrected chi connectivity index (χ2v) is 6.14. The number of anilines is 1. The summed E-state index contributed by atoms with van der Waals surface area (Å²) in [5.41, 5.74) is 0.633. The summed E-state index contributed by atoms with van der Waals surface area (Å²) in [6.45, 7) is 2.59. The Labute approximate surface area is 130 Å². The van der Waals surface area contributed by atoms with Crippen molar-refractivity contribution in [1.82, 2.24) is 4.90 Å². The first-order chi connectivity index (χ1) is 9.38. The van der Waals surface area contributed by atoms with Gasteiger partial charge in [0.2, 0.25) is 0 Å². The van der Waals surface area contributed by atoms with Crippen molar-refractivity contribution in [3.63, 3.8) is 0 Å². The summed E-state index contributed by atoms with van der Waals surface area (Å²) in [7, 11) is 0. The number of benzene rings is 1. The quantitative estimate of drug-likeness (QED) is 0.868. The first kappa shape index (κ1) is 15.1. The Morgan fingerprint density at radius 2 is 2.15 bits per heavy atom. The summed E-state index contributed by atoms with van der Waals surface area (Å²) in [6.07, 6.45) is 0. The Kier molecular flexibility index (Phi) is 4.55. The molecule has 1 unspecified atom stereocenters. The van der Waals surface area contributed by atoms with Crippen LogP contribution in [-0.4, -0.2) is 35.1 Å². The topological polar surface area (TPSA) is 69.6 Å². The molecule has 108 valence electrons. The van der Waals surface area contributed by atoms with Crippen molar-refractivity contribution in [3.05, 3.63) is 27.7 Å². The van der Waals surface area contributed by atoms with Gasteiger partial charge in [-0.05, 0) is 34.1 Å². The molecule has 1 atom stereocenters. The molecule has 0 bridgehead atoms. The number of nitrogens with zero attached hydrogens (tertiary/aromatic N) is 1. The lowest BCUT2D eigenvalue weighted by Gasteiger charge is -2.41. The number of carboxylic acid groups (broad SMARTS) is 1. The second-order valence-electron chi connectivity index (χ2n) is 4.85. The molecular weight excluding hydrogens is 348 g/mol. The third-order valence-electron chi connectivity index (χ3n) is 3.47. The Morgan fingerprint density at radius 1 is 1.50 bits per heavy atom. The predicted molar refractivity (Wildman–Crippen MR) is 80.0 cm³/mol. The maximum Gasteiger partial charge on any atom is 0.321 e. The largest absolute Gasteiger partial charge is 0.481 e. The molecule has 1 saturated heterocycles. The van der Waals surface area contributed by atoms with E-state index >= 15 is 0 Å². The molecule has 2 rings (SSSR count). The van der Waals surface area contributed by atoms with E-state index in [1.807, 2.05) is 0 Å². The number of carbonyl (C=O) groups is 2. The molecule has 2 amide bonds. The maximum atomic E-state index is 12.0. The van der Waals surface area contributed by atoms with Crippen molar-refractivity contribution in [2.75, 3.05) is 18.4 Å². The van der Waals surface area contributed by atoms with Gasteiger partial charge in [0.25, 0.3) is 0 Å². The van der Waals surface area contributed by atoms with Crippen molar-refractivity contribution in [3.8, 4) is 0 Å². The maximum absolute atomic E-state index is 12.0. The normalized spacial score (nSPS) is 16.4. The summed E-state index contributed by atoms with van der Waals surface area (Å²) >= 11 is 9.15. The van der Waals surface area contributed by atoms with Crippen LogP contribution < -0.4 is 5.32 Å². The average molecular weight is 362 g/mol. The van der Waals surface area contributed by atoms with Crippen molar-refractivity contribution in [2.45, 2.75) is 6.92 Å². The highest BCUT2D eigenvalue weighted by Crippen LogP contribution is 2.28. The van der Waals surface area contributed by atoms with Gasteiger partial charge >= 0.3 is 12.0 Å². The minimum absolute atomic E-state index is 0.0203. The molecule has 1 aliphatic rings. The predicted octanol–water partition coefficient (Wildman–Crippen LogP) is 3.29. The van der Waals surface area contributed by atoms with Crippen LogP contribution in [0.2, 0.25) is 5.02 Å². The number of carboxylic acids is 1.